The van der Waals surface area contributed by atoms with Crippen LogP contribution in [-0.4, -0.2) is 53.8 Å². The van der Waals surface area contributed by atoms with E-state index in [0.29, 0.717) is 11.4 Å². The fourth-order valence-electron chi connectivity index (χ4n) is 5.65. The second kappa shape index (κ2) is 11.2. The van der Waals surface area contributed by atoms with Gasteiger partial charge in [0.15, 0.2) is 0 Å². The fraction of sp³-hybridized carbons (Fsp3) is 0.212. The quantitative estimate of drug-likeness (QED) is 0.302. The second-order valence-electron chi connectivity index (χ2n) is 9.99. The van der Waals surface area contributed by atoms with Crippen molar-refractivity contribution in [1.82, 2.24) is 9.80 Å². The Labute approximate surface area is 229 Å². The number of hydrogen-bond donors (Lipinski definition) is 0. The van der Waals surface area contributed by atoms with Crippen LogP contribution in [-0.2, 0) is 9.59 Å². The Morgan fingerprint density at radius 3 is 1.69 bits per heavy atom. The first kappa shape index (κ1) is 25.0. The number of piperazine rings is 1. The van der Waals surface area contributed by atoms with Gasteiger partial charge >= 0.3 is 0 Å². The highest BCUT2D eigenvalue weighted by molar-refractivity contribution is 6.22. The topological polar surface area (TPSA) is 53.1 Å². The number of carbonyl (C=O) groups excluding carboxylic acids is 2. The molecule has 2 amide bonds. The number of anilines is 1. The monoisotopic (exact) mass is 517 g/mol. The van der Waals surface area contributed by atoms with E-state index in [1.54, 1.807) is 24.3 Å². The van der Waals surface area contributed by atoms with Crippen LogP contribution in [0.4, 0.5) is 5.69 Å². The number of carbonyl (C=O) groups is 2. The summed E-state index contributed by atoms with van der Waals surface area (Å²) in [5.41, 5.74) is 3.10. The van der Waals surface area contributed by atoms with Gasteiger partial charge in [-0.25, -0.2) is 4.90 Å². The molecule has 6 heteroatoms. The molecule has 4 aromatic rings. The summed E-state index contributed by atoms with van der Waals surface area (Å²) >= 11 is 0. The summed E-state index contributed by atoms with van der Waals surface area (Å²) in [7, 11) is 0. The molecule has 2 heterocycles. The normalized spacial score (nSPS) is 18.6. The van der Waals surface area contributed by atoms with E-state index in [0.717, 1.165) is 31.9 Å². The molecule has 0 spiro atoms. The lowest BCUT2D eigenvalue weighted by Gasteiger charge is -2.41. The predicted octanol–water partition coefficient (Wildman–Crippen LogP) is 5.52. The van der Waals surface area contributed by atoms with Crippen LogP contribution in [0.25, 0.3) is 0 Å². The van der Waals surface area contributed by atoms with Gasteiger partial charge in [-0.05, 0) is 47.5 Å². The number of rotatable bonds is 7. The predicted molar refractivity (Wildman–Crippen MR) is 152 cm³/mol. The molecule has 1 atom stereocenters. The molecular formula is C33H31N3O3. The highest BCUT2D eigenvalue weighted by Gasteiger charge is 2.43. The molecule has 2 fully saturated rings. The van der Waals surface area contributed by atoms with Gasteiger partial charge in [-0.15, -0.1) is 0 Å². The van der Waals surface area contributed by atoms with Crippen molar-refractivity contribution in [3.8, 4) is 11.5 Å². The minimum atomic E-state index is -0.424. The number of imide groups is 1. The summed E-state index contributed by atoms with van der Waals surface area (Å²) in [4.78, 5) is 32.5. The molecule has 0 radical (unpaired) electrons. The molecule has 6 rings (SSSR count). The lowest BCUT2D eigenvalue weighted by molar-refractivity contribution is -0.123. The zero-order chi connectivity index (χ0) is 26.6. The minimum Gasteiger partial charge on any atom is -0.457 e. The van der Waals surface area contributed by atoms with Gasteiger partial charge in [0.2, 0.25) is 5.91 Å². The first-order chi connectivity index (χ1) is 19.2. The Bertz CT molecular complexity index is 1360. The van der Waals surface area contributed by atoms with Gasteiger partial charge in [-0.3, -0.25) is 19.4 Å². The second-order valence-corrected chi connectivity index (χ2v) is 9.99. The average molecular weight is 518 g/mol. The smallest absolute Gasteiger partial charge is 0.251 e. The number of para-hydroxylation sites is 1. The maximum absolute atomic E-state index is 13.5. The molecule has 39 heavy (non-hydrogen) atoms. The van der Waals surface area contributed by atoms with Crippen molar-refractivity contribution in [1.29, 1.82) is 0 Å². The fourth-order valence-corrected chi connectivity index (χ4v) is 5.65. The molecule has 0 saturated carbocycles. The van der Waals surface area contributed by atoms with E-state index in [2.05, 4.69) is 58.3 Å². The summed E-state index contributed by atoms with van der Waals surface area (Å²) in [6.07, 6.45) is 0.210. The van der Waals surface area contributed by atoms with Crippen molar-refractivity contribution >= 4 is 17.5 Å². The van der Waals surface area contributed by atoms with Crippen LogP contribution in [0.5, 0.6) is 11.5 Å². The van der Waals surface area contributed by atoms with Gasteiger partial charge in [0.05, 0.1) is 24.2 Å². The standard InChI is InChI=1S/C33H31N3O3/c37-31-24-30(33(38)36(31)27-16-18-29(19-17-27)39-28-14-8-3-9-15-28)34-20-22-35(23-21-34)32(25-10-4-1-5-11-25)26-12-6-2-7-13-26/h1-19,30,32H,20-24H2. The van der Waals surface area contributed by atoms with Gasteiger partial charge in [0, 0.05) is 26.2 Å². The molecular weight excluding hydrogens is 486 g/mol. The van der Waals surface area contributed by atoms with Crippen molar-refractivity contribution in [2.75, 3.05) is 31.1 Å². The number of ether oxygens (including phenoxy) is 1. The molecule has 2 saturated heterocycles. The Morgan fingerprint density at radius 1 is 0.615 bits per heavy atom. The van der Waals surface area contributed by atoms with E-state index in [9.17, 15) is 9.59 Å². The molecule has 0 aliphatic carbocycles. The van der Waals surface area contributed by atoms with Gasteiger partial charge in [-0.1, -0.05) is 78.9 Å². The van der Waals surface area contributed by atoms with E-state index in [-0.39, 0.29) is 24.3 Å². The molecule has 0 N–H and O–H groups in total. The molecule has 0 bridgehead atoms. The summed E-state index contributed by atoms with van der Waals surface area (Å²) in [6.45, 7) is 3.10. The highest BCUT2D eigenvalue weighted by Crippen LogP contribution is 2.32. The third-order valence-electron chi connectivity index (χ3n) is 7.58. The van der Waals surface area contributed by atoms with Crippen molar-refractivity contribution in [2.24, 2.45) is 0 Å². The van der Waals surface area contributed by atoms with E-state index in [1.165, 1.54) is 16.0 Å². The average Bonchev–Trinajstić information content (AvgIpc) is 3.29. The number of benzene rings is 4. The Morgan fingerprint density at radius 2 is 1.13 bits per heavy atom. The third kappa shape index (κ3) is 5.35. The van der Waals surface area contributed by atoms with Gasteiger partial charge in [0.25, 0.3) is 5.91 Å². The largest absolute Gasteiger partial charge is 0.457 e. The van der Waals surface area contributed by atoms with Crippen LogP contribution >= 0.6 is 0 Å². The first-order valence-corrected chi connectivity index (χ1v) is 13.4. The van der Waals surface area contributed by atoms with E-state index in [4.69, 9.17) is 4.74 Å². The molecule has 0 aromatic heterocycles. The molecule has 196 valence electrons. The maximum atomic E-state index is 13.5. The first-order valence-electron chi connectivity index (χ1n) is 13.4. The van der Waals surface area contributed by atoms with Crippen LogP contribution in [0.1, 0.15) is 23.6 Å². The zero-order valence-electron chi connectivity index (χ0n) is 21.7. The zero-order valence-corrected chi connectivity index (χ0v) is 21.7. The van der Waals surface area contributed by atoms with E-state index >= 15 is 0 Å². The van der Waals surface area contributed by atoms with Crippen LogP contribution in [0.2, 0.25) is 0 Å². The summed E-state index contributed by atoms with van der Waals surface area (Å²) in [5.74, 6) is 1.09. The van der Waals surface area contributed by atoms with E-state index < -0.39 is 6.04 Å². The lowest BCUT2D eigenvalue weighted by atomic mass is 9.96. The van der Waals surface area contributed by atoms with Crippen LogP contribution < -0.4 is 9.64 Å². The van der Waals surface area contributed by atoms with Gasteiger partial charge in [0.1, 0.15) is 11.5 Å². The lowest BCUT2D eigenvalue weighted by Crippen LogP contribution is -2.53. The number of amides is 2. The van der Waals surface area contributed by atoms with Crippen LogP contribution in [0.15, 0.2) is 115 Å². The van der Waals surface area contributed by atoms with Gasteiger partial charge < -0.3 is 4.74 Å². The van der Waals surface area contributed by atoms with Crippen molar-refractivity contribution in [2.45, 2.75) is 18.5 Å². The Balaban J connectivity index is 1.12. The molecule has 2 aliphatic rings. The maximum Gasteiger partial charge on any atom is 0.251 e. The molecule has 2 aliphatic heterocycles. The van der Waals surface area contributed by atoms with Crippen LogP contribution in [0.3, 0.4) is 0 Å². The minimum absolute atomic E-state index is 0.146. The number of nitrogens with zero attached hydrogens (tertiary/aromatic N) is 3. The highest BCUT2D eigenvalue weighted by atomic mass is 16.5. The third-order valence-corrected chi connectivity index (χ3v) is 7.58. The molecule has 1 unspecified atom stereocenters. The van der Waals surface area contributed by atoms with E-state index in [1.807, 2.05) is 42.5 Å². The van der Waals surface area contributed by atoms with Crippen molar-refractivity contribution in [3.63, 3.8) is 0 Å². The summed E-state index contributed by atoms with van der Waals surface area (Å²) in [5, 5.41) is 0. The Kier molecular flexibility index (Phi) is 7.21. The van der Waals surface area contributed by atoms with Crippen molar-refractivity contribution < 1.29 is 14.3 Å². The number of hydrogen-bond acceptors (Lipinski definition) is 5. The summed E-state index contributed by atoms with van der Waals surface area (Å²) in [6, 6.07) is 37.5. The SMILES string of the molecule is O=C1CC(N2CCN(C(c3ccccc3)c3ccccc3)CC2)C(=O)N1c1ccc(Oc2ccccc2)cc1. The van der Waals surface area contributed by atoms with Crippen molar-refractivity contribution in [3.05, 3.63) is 126 Å². The van der Waals surface area contributed by atoms with Gasteiger partial charge in [-0.2, -0.15) is 0 Å². The summed E-state index contributed by atoms with van der Waals surface area (Å²) < 4.78 is 5.86. The molecule has 6 nitrogen and oxygen atoms in total. The van der Waals surface area contributed by atoms with Crippen LogP contribution in [0, 0.1) is 0 Å². The Hall–Kier alpha value is -4.26. The molecule has 4 aromatic carbocycles.